The highest BCUT2D eigenvalue weighted by atomic mass is 79.9. The quantitative estimate of drug-likeness (QED) is 0.619. The summed E-state index contributed by atoms with van der Waals surface area (Å²) in [5.41, 5.74) is 4.92. The van der Waals surface area contributed by atoms with Gasteiger partial charge in [-0.2, -0.15) is 0 Å². The molecule has 46 valence electrons. The fourth-order valence-corrected chi connectivity index (χ4v) is 1.43. The van der Waals surface area contributed by atoms with Crippen molar-refractivity contribution in [3.63, 3.8) is 0 Å². The van der Waals surface area contributed by atoms with Crippen LogP contribution in [0.4, 0.5) is 0 Å². The van der Waals surface area contributed by atoms with E-state index in [2.05, 4.69) is 15.9 Å². The highest BCUT2D eigenvalue weighted by Gasteiger charge is 2.47. The van der Waals surface area contributed by atoms with E-state index >= 15 is 0 Å². The Bertz CT molecular complexity index is 120. The van der Waals surface area contributed by atoms with Crippen LogP contribution in [0.15, 0.2) is 0 Å². The normalized spacial score (nSPS) is 22.6. The highest BCUT2D eigenvalue weighted by Crippen LogP contribution is 2.46. The van der Waals surface area contributed by atoms with Crippen LogP contribution in [0.1, 0.15) is 12.8 Å². The molecule has 2 nitrogen and oxygen atoms in total. The van der Waals surface area contributed by atoms with Crippen molar-refractivity contribution in [1.29, 1.82) is 0 Å². The van der Waals surface area contributed by atoms with Crippen LogP contribution in [0, 0.1) is 5.41 Å². The molecule has 1 saturated carbocycles. The maximum atomic E-state index is 10.5. The zero-order chi connectivity index (χ0) is 6.20. The van der Waals surface area contributed by atoms with Gasteiger partial charge in [-0.1, -0.05) is 15.9 Å². The fraction of sp³-hybridized carbons (Fsp3) is 0.800. The summed E-state index contributed by atoms with van der Waals surface area (Å²) < 4.78 is 0. The number of hydrogen-bond donors (Lipinski definition) is 1. The molecule has 0 aromatic carbocycles. The van der Waals surface area contributed by atoms with Crippen LogP contribution >= 0.6 is 15.9 Å². The number of carbonyl (C=O) groups is 1. The minimum Gasteiger partial charge on any atom is -0.369 e. The molecule has 2 N–H and O–H groups in total. The molecule has 0 atom stereocenters. The monoisotopic (exact) mass is 177 g/mol. The molecule has 0 aliphatic heterocycles. The van der Waals surface area contributed by atoms with Gasteiger partial charge in [0.1, 0.15) is 0 Å². The third-order valence-electron chi connectivity index (χ3n) is 1.63. The number of carbonyl (C=O) groups excluding carboxylic acids is 1. The number of halogens is 1. The zero-order valence-corrected chi connectivity index (χ0v) is 6.07. The Kier molecular flexibility index (Phi) is 1.31. The maximum absolute atomic E-state index is 10.5. The summed E-state index contributed by atoms with van der Waals surface area (Å²) in [6, 6.07) is 0. The Balaban J connectivity index is 2.53. The number of amides is 1. The van der Waals surface area contributed by atoms with Gasteiger partial charge in [0.2, 0.25) is 5.91 Å². The predicted molar refractivity (Wildman–Crippen MR) is 34.7 cm³/mol. The first-order chi connectivity index (χ1) is 3.71. The number of alkyl halides is 1. The minimum absolute atomic E-state index is 0.153. The third-order valence-corrected chi connectivity index (χ3v) is 2.71. The van der Waals surface area contributed by atoms with Crippen molar-refractivity contribution in [2.75, 3.05) is 5.33 Å². The summed E-state index contributed by atoms with van der Waals surface area (Å²) in [6.45, 7) is 0. The first kappa shape index (κ1) is 6.08. The highest BCUT2D eigenvalue weighted by molar-refractivity contribution is 9.09. The molecular formula is C5H8BrNO. The Morgan fingerprint density at radius 3 is 2.25 bits per heavy atom. The van der Waals surface area contributed by atoms with Crippen LogP contribution in [0.3, 0.4) is 0 Å². The molecule has 0 aromatic rings. The van der Waals surface area contributed by atoms with Gasteiger partial charge in [0, 0.05) is 5.33 Å². The van der Waals surface area contributed by atoms with Gasteiger partial charge in [-0.25, -0.2) is 0 Å². The summed E-state index contributed by atoms with van der Waals surface area (Å²) in [4.78, 5) is 10.5. The summed E-state index contributed by atoms with van der Waals surface area (Å²) in [7, 11) is 0. The second-order valence-electron chi connectivity index (χ2n) is 2.28. The van der Waals surface area contributed by atoms with Gasteiger partial charge in [-0.3, -0.25) is 4.79 Å². The van der Waals surface area contributed by atoms with Gasteiger partial charge in [0.25, 0.3) is 0 Å². The van der Waals surface area contributed by atoms with Gasteiger partial charge in [-0.15, -0.1) is 0 Å². The number of rotatable bonds is 2. The van der Waals surface area contributed by atoms with Crippen molar-refractivity contribution in [3.8, 4) is 0 Å². The first-order valence-electron chi connectivity index (χ1n) is 2.57. The smallest absolute Gasteiger partial charge is 0.224 e. The molecular weight excluding hydrogens is 170 g/mol. The lowest BCUT2D eigenvalue weighted by molar-refractivity contribution is -0.122. The average molecular weight is 178 g/mol. The van der Waals surface area contributed by atoms with Crippen LogP contribution in [-0.2, 0) is 4.79 Å². The number of nitrogens with two attached hydrogens (primary N) is 1. The van der Waals surface area contributed by atoms with E-state index in [0.29, 0.717) is 0 Å². The molecule has 0 aromatic heterocycles. The van der Waals surface area contributed by atoms with E-state index in [0.717, 1.165) is 18.2 Å². The van der Waals surface area contributed by atoms with E-state index in [1.54, 1.807) is 0 Å². The molecule has 8 heavy (non-hydrogen) atoms. The van der Waals surface area contributed by atoms with Crippen molar-refractivity contribution < 1.29 is 4.79 Å². The average Bonchev–Trinajstić information content (AvgIpc) is 2.44. The summed E-state index contributed by atoms with van der Waals surface area (Å²) in [6.07, 6.45) is 1.93. The van der Waals surface area contributed by atoms with Crippen molar-refractivity contribution in [2.45, 2.75) is 12.8 Å². The number of hydrogen-bond acceptors (Lipinski definition) is 1. The Labute approximate surface area is 56.6 Å². The molecule has 1 aliphatic carbocycles. The Morgan fingerprint density at radius 1 is 1.75 bits per heavy atom. The molecule has 1 aliphatic rings. The zero-order valence-electron chi connectivity index (χ0n) is 4.48. The van der Waals surface area contributed by atoms with E-state index < -0.39 is 0 Å². The van der Waals surface area contributed by atoms with E-state index in [-0.39, 0.29) is 11.3 Å². The van der Waals surface area contributed by atoms with Crippen molar-refractivity contribution in [2.24, 2.45) is 11.1 Å². The molecule has 0 spiro atoms. The molecule has 0 unspecified atom stereocenters. The van der Waals surface area contributed by atoms with Crippen LogP contribution in [0.5, 0.6) is 0 Å². The van der Waals surface area contributed by atoms with Gasteiger partial charge < -0.3 is 5.73 Å². The van der Waals surface area contributed by atoms with E-state index in [4.69, 9.17) is 5.73 Å². The third kappa shape index (κ3) is 0.749. The van der Waals surface area contributed by atoms with Crippen molar-refractivity contribution >= 4 is 21.8 Å². The molecule has 1 amide bonds. The van der Waals surface area contributed by atoms with Crippen molar-refractivity contribution in [3.05, 3.63) is 0 Å². The van der Waals surface area contributed by atoms with E-state index in [9.17, 15) is 4.79 Å². The van der Waals surface area contributed by atoms with E-state index in [1.807, 2.05) is 0 Å². The lowest BCUT2D eigenvalue weighted by Gasteiger charge is -2.02. The maximum Gasteiger partial charge on any atom is 0.224 e. The van der Waals surface area contributed by atoms with Gasteiger partial charge in [0.05, 0.1) is 5.41 Å². The standard InChI is InChI=1S/C5H8BrNO/c6-3-5(1-2-5)4(7)8/h1-3H2,(H2,7,8). The minimum atomic E-state index is -0.158. The molecule has 3 heteroatoms. The van der Waals surface area contributed by atoms with Gasteiger partial charge in [0.15, 0.2) is 0 Å². The van der Waals surface area contributed by atoms with Gasteiger partial charge in [-0.05, 0) is 12.8 Å². The summed E-state index contributed by atoms with van der Waals surface area (Å²) in [5.74, 6) is -0.158. The lowest BCUT2D eigenvalue weighted by atomic mass is 10.1. The largest absolute Gasteiger partial charge is 0.369 e. The summed E-state index contributed by atoms with van der Waals surface area (Å²) in [5, 5.41) is 0.731. The Hall–Kier alpha value is -0.0500. The van der Waals surface area contributed by atoms with Crippen LogP contribution < -0.4 is 5.73 Å². The molecule has 0 saturated heterocycles. The van der Waals surface area contributed by atoms with Gasteiger partial charge >= 0.3 is 0 Å². The SMILES string of the molecule is NC(=O)C1(CBr)CC1. The molecule has 1 fully saturated rings. The molecule has 0 radical (unpaired) electrons. The fourth-order valence-electron chi connectivity index (χ4n) is 0.597. The predicted octanol–water partition coefficient (Wildman–Crippen LogP) is 0.647. The molecule has 0 heterocycles. The van der Waals surface area contributed by atoms with E-state index in [1.165, 1.54) is 0 Å². The van der Waals surface area contributed by atoms with Crippen molar-refractivity contribution in [1.82, 2.24) is 0 Å². The van der Waals surface area contributed by atoms with Crippen LogP contribution in [0.25, 0.3) is 0 Å². The second kappa shape index (κ2) is 1.72. The second-order valence-corrected chi connectivity index (χ2v) is 2.84. The van der Waals surface area contributed by atoms with Crippen LogP contribution in [-0.4, -0.2) is 11.2 Å². The molecule has 0 bridgehead atoms. The van der Waals surface area contributed by atoms with Crippen LogP contribution in [0.2, 0.25) is 0 Å². The first-order valence-corrected chi connectivity index (χ1v) is 3.69. The summed E-state index contributed by atoms with van der Waals surface area (Å²) >= 11 is 3.23. The topological polar surface area (TPSA) is 43.1 Å². The lowest BCUT2D eigenvalue weighted by Crippen LogP contribution is -2.25. The Morgan fingerprint density at radius 2 is 2.25 bits per heavy atom. The number of primary amides is 1. The molecule has 1 rings (SSSR count).